The highest BCUT2D eigenvalue weighted by molar-refractivity contribution is 9.10. The molecule has 0 saturated carbocycles. The van der Waals surface area contributed by atoms with E-state index in [9.17, 15) is 5.11 Å². The van der Waals surface area contributed by atoms with Crippen molar-refractivity contribution < 1.29 is 5.11 Å². The first-order chi connectivity index (χ1) is 5.74. The van der Waals surface area contributed by atoms with E-state index in [1.807, 2.05) is 18.4 Å². The van der Waals surface area contributed by atoms with E-state index in [2.05, 4.69) is 21.2 Å². The normalized spacial score (nSPS) is 13.2. The van der Waals surface area contributed by atoms with Crippen molar-refractivity contribution in [3.63, 3.8) is 0 Å². The fraction of sp³-hybridized carbons (Fsp3) is 0.500. The van der Waals surface area contributed by atoms with E-state index < -0.39 is 0 Å². The fourth-order valence-electron chi connectivity index (χ4n) is 0.885. The van der Waals surface area contributed by atoms with Gasteiger partial charge in [0.05, 0.1) is 0 Å². The predicted octanol–water partition coefficient (Wildman–Crippen LogP) is 2.15. The molecule has 0 radical (unpaired) electrons. The summed E-state index contributed by atoms with van der Waals surface area (Å²) in [4.78, 5) is 1.00. The molecule has 0 amide bonds. The molecular formula is C8H12BrNOS. The summed E-state index contributed by atoms with van der Waals surface area (Å²) in [5.74, 6) is 0. The van der Waals surface area contributed by atoms with Gasteiger partial charge in [-0.05, 0) is 28.5 Å². The summed E-state index contributed by atoms with van der Waals surface area (Å²) in [7, 11) is 0. The summed E-state index contributed by atoms with van der Waals surface area (Å²) in [6.45, 7) is 3.55. The quantitative estimate of drug-likeness (QED) is 0.858. The molecule has 0 spiro atoms. The van der Waals surface area contributed by atoms with Crippen LogP contribution >= 0.6 is 27.3 Å². The number of rotatable bonds is 4. The van der Waals surface area contributed by atoms with Crippen LogP contribution in [0.4, 0.5) is 0 Å². The van der Waals surface area contributed by atoms with Crippen LogP contribution in [-0.2, 0) is 0 Å². The van der Waals surface area contributed by atoms with E-state index in [1.54, 1.807) is 11.3 Å². The molecule has 1 rings (SSSR count). The fourth-order valence-corrected chi connectivity index (χ4v) is 2.32. The molecule has 1 aromatic rings. The summed E-state index contributed by atoms with van der Waals surface area (Å²) < 4.78 is 1.04. The van der Waals surface area contributed by atoms with Crippen molar-refractivity contribution >= 4 is 27.3 Å². The van der Waals surface area contributed by atoms with E-state index in [4.69, 9.17) is 0 Å². The number of halogens is 1. The number of nitrogens with one attached hydrogen (secondary N) is 1. The largest absolute Gasteiger partial charge is 0.386 e. The first-order valence-electron chi connectivity index (χ1n) is 3.86. The Morgan fingerprint density at radius 3 is 3.00 bits per heavy atom. The van der Waals surface area contributed by atoms with E-state index in [1.165, 1.54) is 0 Å². The number of hydrogen-bond acceptors (Lipinski definition) is 3. The number of aliphatic hydroxyl groups is 1. The molecule has 0 fully saturated rings. The Balaban J connectivity index is 2.47. The van der Waals surface area contributed by atoms with E-state index in [0.29, 0.717) is 6.54 Å². The molecule has 0 aliphatic heterocycles. The van der Waals surface area contributed by atoms with Crippen LogP contribution in [-0.4, -0.2) is 18.2 Å². The zero-order valence-electron chi connectivity index (χ0n) is 6.88. The molecule has 4 heteroatoms. The standard InChI is InChI=1S/C8H12BrNOS/c1-2-10-4-7(11)8-3-6(9)5-12-8/h3,5,7,10-11H,2,4H2,1H3. The topological polar surface area (TPSA) is 32.3 Å². The highest BCUT2D eigenvalue weighted by Crippen LogP contribution is 2.24. The van der Waals surface area contributed by atoms with Gasteiger partial charge in [-0.15, -0.1) is 11.3 Å². The van der Waals surface area contributed by atoms with Crippen molar-refractivity contribution in [2.75, 3.05) is 13.1 Å². The SMILES string of the molecule is CCNCC(O)c1cc(Br)cs1. The van der Waals surface area contributed by atoms with Crippen molar-refractivity contribution in [2.24, 2.45) is 0 Å². The lowest BCUT2D eigenvalue weighted by atomic mass is 10.3. The maximum atomic E-state index is 9.59. The molecule has 2 N–H and O–H groups in total. The number of likely N-dealkylation sites (N-methyl/N-ethyl adjacent to an activating group) is 1. The van der Waals surface area contributed by atoms with Crippen LogP contribution in [0, 0.1) is 0 Å². The number of aliphatic hydroxyl groups excluding tert-OH is 1. The van der Waals surface area contributed by atoms with Crippen LogP contribution < -0.4 is 5.32 Å². The Labute approximate surface area is 84.7 Å². The molecule has 0 aromatic carbocycles. The van der Waals surface area contributed by atoms with Crippen molar-refractivity contribution in [2.45, 2.75) is 13.0 Å². The highest BCUT2D eigenvalue weighted by atomic mass is 79.9. The maximum Gasteiger partial charge on any atom is 0.101 e. The van der Waals surface area contributed by atoms with Gasteiger partial charge < -0.3 is 10.4 Å². The molecule has 1 atom stereocenters. The first-order valence-corrected chi connectivity index (χ1v) is 5.54. The van der Waals surface area contributed by atoms with Gasteiger partial charge in [0.2, 0.25) is 0 Å². The minimum Gasteiger partial charge on any atom is -0.386 e. The van der Waals surface area contributed by atoms with Gasteiger partial charge in [0, 0.05) is 21.3 Å². The number of thiophene rings is 1. The van der Waals surface area contributed by atoms with Crippen molar-refractivity contribution in [3.05, 3.63) is 20.8 Å². The van der Waals surface area contributed by atoms with Gasteiger partial charge in [0.1, 0.15) is 6.10 Å². The predicted molar refractivity (Wildman–Crippen MR) is 55.5 cm³/mol. The Hall–Kier alpha value is 0.1000. The van der Waals surface area contributed by atoms with E-state index >= 15 is 0 Å². The monoisotopic (exact) mass is 249 g/mol. The molecule has 0 aliphatic rings. The van der Waals surface area contributed by atoms with Crippen LogP contribution in [0.3, 0.4) is 0 Å². The van der Waals surface area contributed by atoms with E-state index in [0.717, 1.165) is 15.9 Å². The minimum atomic E-state index is -0.374. The van der Waals surface area contributed by atoms with Crippen LogP contribution in [0.1, 0.15) is 17.9 Å². The van der Waals surface area contributed by atoms with Gasteiger partial charge in [-0.3, -0.25) is 0 Å². The summed E-state index contributed by atoms with van der Waals surface area (Å²) in [5.41, 5.74) is 0. The first kappa shape index (κ1) is 10.2. The average molecular weight is 250 g/mol. The maximum absolute atomic E-state index is 9.59. The molecule has 2 nitrogen and oxygen atoms in total. The zero-order valence-corrected chi connectivity index (χ0v) is 9.28. The Morgan fingerprint density at radius 1 is 1.75 bits per heavy atom. The molecule has 0 aliphatic carbocycles. The summed E-state index contributed by atoms with van der Waals surface area (Å²) >= 11 is 4.92. The van der Waals surface area contributed by atoms with Crippen molar-refractivity contribution in [1.29, 1.82) is 0 Å². The van der Waals surface area contributed by atoms with Crippen LogP contribution in [0.2, 0.25) is 0 Å². The Bertz CT molecular complexity index is 239. The molecule has 1 aromatic heterocycles. The van der Waals surface area contributed by atoms with Gasteiger partial charge in [-0.1, -0.05) is 6.92 Å². The van der Waals surface area contributed by atoms with Gasteiger partial charge >= 0.3 is 0 Å². The Morgan fingerprint density at radius 2 is 2.50 bits per heavy atom. The second-order valence-electron chi connectivity index (χ2n) is 2.49. The molecule has 0 saturated heterocycles. The average Bonchev–Trinajstić information content (AvgIpc) is 2.47. The molecule has 12 heavy (non-hydrogen) atoms. The lowest BCUT2D eigenvalue weighted by molar-refractivity contribution is 0.179. The molecule has 1 unspecified atom stereocenters. The zero-order chi connectivity index (χ0) is 8.97. The molecule has 0 bridgehead atoms. The van der Waals surface area contributed by atoms with Crippen LogP contribution in [0.25, 0.3) is 0 Å². The summed E-state index contributed by atoms with van der Waals surface area (Å²) in [6, 6.07) is 1.95. The van der Waals surface area contributed by atoms with Crippen LogP contribution in [0.5, 0.6) is 0 Å². The second kappa shape index (κ2) is 4.97. The van der Waals surface area contributed by atoms with Crippen LogP contribution in [0.15, 0.2) is 15.9 Å². The third-order valence-electron chi connectivity index (χ3n) is 1.50. The summed E-state index contributed by atoms with van der Waals surface area (Å²) in [6.07, 6.45) is -0.374. The highest BCUT2D eigenvalue weighted by Gasteiger charge is 2.08. The number of hydrogen-bond donors (Lipinski definition) is 2. The summed E-state index contributed by atoms with van der Waals surface area (Å²) in [5, 5.41) is 14.7. The van der Waals surface area contributed by atoms with Crippen molar-refractivity contribution in [3.8, 4) is 0 Å². The lowest BCUT2D eigenvalue weighted by Gasteiger charge is -2.07. The smallest absolute Gasteiger partial charge is 0.101 e. The van der Waals surface area contributed by atoms with Gasteiger partial charge in [0.25, 0.3) is 0 Å². The lowest BCUT2D eigenvalue weighted by Crippen LogP contribution is -2.20. The van der Waals surface area contributed by atoms with Gasteiger partial charge in [0.15, 0.2) is 0 Å². The third-order valence-corrected chi connectivity index (χ3v) is 3.30. The van der Waals surface area contributed by atoms with Gasteiger partial charge in [-0.25, -0.2) is 0 Å². The molecule has 1 heterocycles. The minimum absolute atomic E-state index is 0.374. The van der Waals surface area contributed by atoms with Crippen molar-refractivity contribution in [1.82, 2.24) is 5.32 Å². The van der Waals surface area contributed by atoms with Gasteiger partial charge in [-0.2, -0.15) is 0 Å². The Kier molecular flexibility index (Phi) is 4.21. The van der Waals surface area contributed by atoms with E-state index in [-0.39, 0.29) is 6.10 Å². The molecular weight excluding hydrogens is 238 g/mol. The molecule has 68 valence electrons. The third kappa shape index (κ3) is 2.86. The second-order valence-corrected chi connectivity index (χ2v) is 4.35.